The number of rotatable bonds is 5. The van der Waals surface area contributed by atoms with E-state index in [1.165, 1.54) is 12.1 Å². The fourth-order valence-electron chi connectivity index (χ4n) is 2.96. The number of aliphatic hydroxyl groups excluding tert-OH is 1. The van der Waals surface area contributed by atoms with Crippen molar-refractivity contribution in [3.8, 4) is 5.75 Å². The molecule has 3 rings (SSSR count). The molecule has 1 heterocycles. The van der Waals surface area contributed by atoms with Gasteiger partial charge in [-0.15, -0.1) is 0 Å². The Labute approximate surface area is 173 Å². The van der Waals surface area contributed by atoms with Crippen LogP contribution in [0.2, 0.25) is 5.02 Å². The van der Waals surface area contributed by atoms with Crippen LogP contribution >= 0.6 is 11.6 Å². The van der Waals surface area contributed by atoms with Crippen LogP contribution in [0.5, 0.6) is 5.75 Å². The summed E-state index contributed by atoms with van der Waals surface area (Å²) in [6, 6.07) is 7.55. The summed E-state index contributed by atoms with van der Waals surface area (Å²) in [5.74, 6) is -0.908. The van der Waals surface area contributed by atoms with Crippen molar-refractivity contribution in [2.24, 2.45) is 0 Å². The quantitative estimate of drug-likeness (QED) is 0.541. The molecule has 0 aromatic heterocycles. The fraction of sp³-hybridized carbons (Fsp3) is 0.176. The van der Waals surface area contributed by atoms with Crippen molar-refractivity contribution in [3.63, 3.8) is 0 Å². The SMILES string of the molecule is Cc1cc(Cl)cc(Cc2ccc(N3C=C(O)NS3(=O)=O)c(O)c2)c1NS(C)(=O)=O. The van der Waals surface area contributed by atoms with Gasteiger partial charge in [0.2, 0.25) is 15.9 Å². The molecule has 156 valence electrons. The van der Waals surface area contributed by atoms with Crippen molar-refractivity contribution < 1.29 is 27.0 Å². The first kappa shape index (κ1) is 21.1. The van der Waals surface area contributed by atoms with Crippen LogP contribution in [-0.2, 0) is 26.7 Å². The van der Waals surface area contributed by atoms with Gasteiger partial charge in [-0.25, -0.2) is 17.4 Å². The minimum atomic E-state index is -4.04. The molecule has 1 aliphatic rings. The average Bonchev–Trinajstić information content (AvgIpc) is 2.82. The van der Waals surface area contributed by atoms with E-state index in [2.05, 4.69) is 4.72 Å². The largest absolute Gasteiger partial charge is 0.506 e. The van der Waals surface area contributed by atoms with E-state index >= 15 is 0 Å². The maximum absolute atomic E-state index is 12.0. The first-order chi connectivity index (χ1) is 13.4. The van der Waals surface area contributed by atoms with Gasteiger partial charge >= 0.3 is 10.2 Å². The first-order valence-corrected chi connectivity index (χ1v) is 11.9. The third kappa shape index (κ3) is 4.69. The van der Waals surface area contributed by atoms with Gasteiger partial charge in [0.25, 0.3) is 0 Å². The summed E-state index contributed by atoms with van der Waals surface area (Å²) >= 11 is 6.11. The van der Waals surface area contributed by atoms with E-state index in [9.17, 15) is 27.0 Å². The Morgan fingerprint density at radius 2 is 1.90 bits per heavy atom. The molecule has 4 N–H and O–H groups in total. The van der Waals surface area contributed by atoms with Gasteiger partial charge in [-0.1, -0.05) is 17.7 Å². The number of nitrogens with zero attached hydrogens (tertiary/aromatic N) is 1. The molecular weight excluding hydrogens is 442 g/mol. The molecule has 12 heteroatoms. The van der Waals surface area contributed by atoms with Gasteiger partial charge in [0.05, 0.1) is 18.1 Å². The van der Waals surface area contributed by atoms with E-state index in [1.54, 1.807) is 25.1 Å². The molecular formula is C17H18ClN3O6S2. The lowest BCUT2D eigenvalue weighted by Gasteiger charge is -2.17. The highest BCUT2D eigenvalue weighted by Crippen LogP contribution is 2.34. The predicted octanol–water partition coefficient (Wildman–Crippen LogP) is 2.33. The standard InChI is InChI=1S/C17H18ClN3O6S2/c1-10-5-13(18)8-12(17(10)20-28(2,24)25)6-11-3-4-14(15(22)7-11)21-9-16(23)19-29(21,26)27/h3-5,7-9,19-20,22-23H,6H2,1-2H3. The summed E-state index contributed by atoms with van der Waals surface area (Å²) in [4.78, 5) is 0. The Balaban J connectivity index is 1.98. The number of sulfonamides is 1. The first-order valence-electron chi connectivity index (χ1n) is 8.17. The van der Waals surface area contributed by atoms with E-state index in [0.29, 0.717) is 31.7 Å². The van der Waals surface area contributed by atoms with Gasteiger partial charge in [-0.05, 0) is 54.3 Å². The number of halogens is 1. The summed E-state index contributed by atoms with van der Waals surface area (Å²) in [5.41, 5.74) is 2.14. The number of anilines is 2. The lowest BCUT2D eigenvalue weighted by molar-refractivity contribution is 0.392. The van der Waals surface area contributed by atoms with Gasteiger partial charge in [-0.3, -0.25) is 4.72 Å². The molecule has 2 aromatic rings. The summed E-state index contributed by atoms with van der Waals surface area (Å²) < 4.78 is 52.4. The molecule has 0 aliphatic carbocycles. The molecule has 0 radical (unpaired) electrons. The van der Waals surface area contributed by atoms with E-state index in [1.807, 2.05) is 4.72 Å². The van der Waals surface area contributed by atoms with Crippen LogP contribution in [0.25, 0.3) is 0 Å². The van der Waals surface area contributed by atoms with Gasteiger partial charge < -0.3 is 10.2 Å². The van der Waals surface area contributed by atoms with Gasteiger partial charge in [0.15, 0.2) is 0 Å². The number of nitrogens with one attached hydrogen (secondary N) is 2. The second-order valence-electron chi connectivity index (χ2n) is 6.55. The predicted molar refractivity (Wildman–Crippen MR) is 111 cm³/mol. The second kappa shape index (κ2) is 7.32. The molecule has 2 aromatic carbocycles. The lowest BCUT2D eigenvalue weighted by Crippen LogP contribution is -2.29. The molecule has 0 saturated carbocycles. The van der Waals surface area contributed by atoms with Crippen molar-refractivity contribution >= 4 is 43.2 Å². The van der Waals surface area contributed by atoms with E-state index < -0.39 is 26.1 Å². The fourth-order valence-corrected chi connectivity index (χ4v) is 4.98. The Kier molecular flexibility index (Phi) is 5.32. The summed E-state index contributed by atoms with van der Waals surface area (Å²) in [5, 5.41) is 20.1. The third-order valence-electron chi connectivity index (χ3n) is 4.07. The lowest BCUT2D eigenvalue weighted by atomic mass is 10.0. The summed E-state index contributed by atoms with van der Waals surface area (Å²) in [6.07, 6.45) is 2.19. The van der Waals surface area contributed by atoms with Crippen molar-refractivity contribution in [1.82, 2.24) is 4.72 Å². The Hall–Kier alpha value is -2.63. The van der Waals surface area contributed by atoms with Crippen molar-refractivity contribution in [2.75, 3.05) is 15.3 Å². The number of aryl methyl sites for hydroxylation is 1. The highest BCUT2D eigenvalue weighted by molar-refractivity contribution is 7.92. The Bertz CT molecular complexity index is 1230. The van der Waals surface area contributed by atoms with Crippen molar-refractivity contribution in [3.05, 3.63) is 64.1 Å². The van der Waals surface area contributed by atoms with E-state index in [-0.39, 0.29) is 17.9 Å². The normalized spacial score (nSPS) is 15.7. The molecule has 0 spiro atoms. The van der Waals surface area contributed by atoms with Crippen LogP contribution in [0.15, 0.2) is 42.4 Å². The molecule has 0 fully saturated rings. The van der Waals surface area contributed by atoms with Crippen molar-refractivity contribution in [1.29, 1.82) is 0 Å². The van der Waals surface area contributed by atoms with Crippen LogP contribution in [0.4, 0.5) is 11.4 Å². The zero-order chi connectivity index (χ0) is 21.6. The van der Waals surface area contributed by atoms with Crippen LogP contribution < -0.4 is 13.7 Å². The third-order valence-corrected chi connectivity index (χ3v) is 6.15. The smallest absolute Gasteiger partial charge is 0.330 e. The molecule has 0 unspecified atom stereocenters. The highest BCUT2D eigenvalue weighted by atomic mass is 35.5. The van der Waals surface area contributed by atoms with Crippen molar-refractivity contribution in [2.45, 2.75) is 13.3 Å². The minimum absolute atomic E-state index is 0.0536. The number of phenolic OH excluding ortho intramolecular Hbond substituents is 1. The average molecular weight is 460 g/mol. The second-order valence-corrected chi connectivity index (χ2v) is 10.3. The topological polar surface area (TPSA) is 136 Å². The number of phenols is 1. The molecule has 1 aliphatic heterocycles. The molecule has 0 bridgehead atoms. The van der Waals surface area contributed by atoms with Crippen LogP contribution in [0.1, 0.15) is 16.7 Å². The van der Waals surface area contributed by atoms with E-state index in [4.69, 9.17) is 11.6 Å². The van der Waals surface area contributed by atoms with E-state index in [0.717, 1.165) is 12.5 Å². The summed E-state index contributed by atoms with van der Waals surface area (Å²) in [6.45, 7) is 1.72. The number of hydrogen-bond acceptors (Lipinski definition) is 6. The van der Waals surface area contributed by atoms with Crippen LogP contribution in [0.3, 0.4) is 0 Å². The van der Waals surface area contributed by atoms with Crippen LogP contribution in [-0.4, -0.2) is 33.3 Å². The summed E-state index contributed by atoms with van der Waals surface area (Å²) in [7, 11) is -7.56. The number of hydrogen-bond donors (Lipinski definition) is 4. The number of aliphatic hydroxyl groups is 1. The van der Waals surface area contributed by atoms with Gasteiger partial charge in [0, 0.05) is 5.02 Å². The zero-order valence-corrected chi connectivity index (χ0v) is 17.7. The molecule has 0 saturated heterocycles. The molecule has 9 nitrogen and oxygen atoms in total. The Morgan fingerprint density at radius 3 is 2.45 bits per heavy atom. The number of aromatic hydroxyl groups is 1. The molecule has 0 amide bonds. The monoisotopic (exact) mass is 459 g/mol. The minimum Gasteiger partial charge on any atom is -0.506 e. The molecule has 0 atom stereocenters. The highest BCUT2D eigenvalue weighted by Gasteiger charge is 2.30. The van der Waals surface area contributed by atoms with Gasteiger partial charge in [-0.2, -0.15) is 8.42 Å². The maximum Gasteiger partial charge on any atom is 0.330 e. The maximum atomic E-state index is 12.0. The zero-order valence-electron chi connectivity index (χ0n) is 15.3. The van der Waals surface area contributed by atoms with Crippen LogP contribution in [0, 0.1) is 6.92 Å². The van der Waals surface area contributed by atoms with Gasteiger partial charge in [0.1, 0.15) is 11.4 Å². The Morgan fingerprint density at radius 1 is 1.21 bits per heavy atom. The molecule has 29 heavy (non-hydrogen) atoms. The number of benzene rings is 2.